The summed E-state index contributed by atoms with van der Waals surface area (Å²) in [6, 6.07) is 0. The fourth-order valence-corrected chi connectivity index (χ4v) is 0. The molecule has 0 N–H and O–H groups in total. The van der Waals surface area contributed by atoms with Gasteiger partial charge in [-0.15, -0.1) is 0 Å². The summed E-state index contributed by atoms with van der Waals surface area (Å²) in [6.45, 7) is 0. The predicted molar refractivity (Wildman–Crippen MR) is 35.4 cm³/mol. The summed E-state index contributed by atoms with van der Waals surface area (Å²) in [5.74, 6) is 0. The van der Waals surface area contributed by atoms with Crippen molar-refractivity contribution in [3.8, 4) is 0 Å². The molecule has 0 aromatic carbocycles. The first-order valence-electron chi connectivity index (χ1n) is 0.730. The molecule has 0 bridgehead atoms. The van der Waals surface area contributed by atoms with Gasteiger partial charge in [0, 0.05) is 0 Å². The Hall–Kier alpha value is 4.83. The van der Waals surface area contributed by atoms with E-state index >= 15 is 0 Å². The molecule has 0 atom stereocenters. The second-order valence-electron chi connectivity index (χ2n) is 0.447. The fourth-order valence-electron chi connectivity index (χ4n) is 0. The molecule has 0 aliphatic rings. The maximum Gasteiger partial charge on any atom is 1.00 e. The van der Waals surface area contributed by atoms with Gasteiger partial charge in [0.25, 0.3) is 0 Å². The van der Waals surface area contributed by atoms with Crippen LogP contribution in [0.2, 0.25) is 0 Å². The van der Waals surface area contributed by atoms with Gasteiger partial charge in [-0.1, -0.05) is 0 Å². The van der Waals surface area contributed by atoms with Crippen molar-refractivity contribution in [2.75, 3.05) is 0 Å². The first-order valence-corrected chi connectivity index (χ1v) is 11.4. The van der Waals surface area contributed by atoms with Crippen LogP contribution in [0.15, 0.2) is 0 Å². The average molecular weight is 272 g/mol. The zero-order valence-electron chi connectivity index (χ0n) is 5.08. The maximum absolute atomic E-state index is 4.44. The summed E-state index contributed by atoms with van der Waals surface area (Å²) in [5.41, 5.74) is 0. The standard InChI is InChI=1S/AsH3S4.3Na/c2-1(3,4)5;;;/h(H3,2,3,4,5);;;/q;3*+1/p-3. The Morgan fingerprint density at radius 1 is 0.875 bits per heavy atom. The first-order chi connectivity index (χ1) is 2.00. The molecule has 0 aromatic heterocycles. The van der Waals surface area contributed by atoms with Gasteiger partial charge in [0.2, 0.25) is 0 Å². The summed E-state index contributed by atoms with van der Waals surface area (Å²) in [6.07, 6.45) is 0. The zero-order chi connectivity index (χ0) is 4.50. The summed E-state index contributed by atoms with van der Waals surface area (Å²) in [4.78, 5) is 0. The van der Waals surface area contributed by atoms with Crippen molar-refractivity contribution >= 4 is 51.5 Å². The van der Waals surface area contributed by atoms with E-state index in [4.69, 9.17) is 0 Å². The van der Waals surface area contributed by atoms with Crippen LogP contribution in [0.4, 0.5) is 0 Å². The molecule has 0 aliphatic heterocycles. The molecule has 0 rings (SSSR count). The van der Waals surface area contributed by atoms with E-state index in [2.05, 4.69) is 43.1 Å². The Balaban J connectivity index is -0.0000000267. The molecular weight excluding hydrogens is 272 g/mol. The molecule has 0 heterocycles. The molecule has 0 nitrogen and oxygen atoms in total. The monoisotopic (exact) mass is 272 g/mol. The van der Waals surface area contributed by atoms with Crippen LogP contribution in [0.1, 0.15) is 0 Å². The third kappa shape index (κ3) is 44.9. The second-order valence-corrected chi connectivity index (χ2v) is 20.9. The molecule has 0 fully saturated rings. The molecule has 8 heteroatoms. The molecule has 0 aliphatic carbocycles. The van der Waals surface area contributed by atoms with Crippen LogP contribution in [0.5, 0.6) is 0 Å². The Bertz CT molecular complexity index is 57.4. The van der Waals surface area contributed by atoms with Gasteiger partial charge in [-0.2, -0.15) is 0 Å². The summed E-state index contributed by atoms with van der Waals surface area (Å²) >= 11 is 0. The van der Waals surface area contributed by atoms with E-state index in [1.807, 2.05) is 0 Å². The van der Waals surface area contributed by atoms with Crippen molar-refractivity contribution in [3.05, 3.63) is 0 Å². The van der Waals surface area contributed by atoms with Gasteiger partial charge in [-0.3, -0.25) is 0 Å². The maximum atomic E-state index is 4.44. The van der Waals surface area contributed by atoms with Crippen molar-refractivity contribution in [3.63, 3.8) is 0 Å². The van der Waals surface area contributed by atoms with Crippen LogP contribution < -0.4 is 88.7 Å². The van der Waals surface area contributed by atoms with E-state index < -0.39 is 8.41 Å². The summed E-state index contributed by atoms with van der Waals surface area (Å²) in [7, 11) is 15.2. The van der Waals surface area contributed by atoms with E-state index in [1.54, 1.807) is 0 Å². The van der Waals surface area contributed by atoms with E-state index in [-0.39, 0.29) is 88.7 Å². The SMILES string of the molecule is S=[As]([S-])([S-])[S-].[Na+].[Na+].[Na+]. The van der Waals surface area contributed by atoms with Gasteiger partial charge in [-0.05, 0) is 0 Å². The van der Waals surface area contributed by atoms with Gasteiger partial charge in [-0.25, -0.2) is 0 Å². The summed E-state index contributed by atoms with van der Waals surface area (Å²) < 4.78 is 0. The predicted octanol–water partition coefficient (Wildman–Crippen LogP) is -8.73. The molecule has 0 saturated carbocycles. The number of hydrogen-bond acceptors (Lipinski definition) is 4. The minimum absolute atomic E-state index is 0. The third-order valence-electron chi connectivity index (χ3n) is 0. The smallest absolute Gasteiger partial charge is 1.00 e. The molecular formula is AsNa3S4. The number of hydrogen-bond donors (Lipinski definition) is 0. The van der Waals surface area contributed by atoms with E-state index in [1.165, 1.54) is 0 Å². The molecule has 0 saturated heterocycles. The molecule has 0 unspecified atom stereocenters. The van der Waals surface area contributed by atoms with Gasteiger partial charge in [0.1, 0.15) is 0 Å². The van der Waals surface area contributed by atoms with Crippen molar-refractivity contribution in [2.45, 2.75) is 0 Å². The third-order valence-corrected chi connectivity index (χ3v) is 0. The van der Waals surface area contributed by atoms with E-state index in [9.17, 15) is 0 Å². The van der Waals surface area contributed by atoms with Crippen molar-refractivity contribution in [1.82, 2.24) is 0 Å². The largest absolute Gasteiger partial charge is 1.00 e. The Labute approximate surface area is 136 Å². The van der Waals surface area contributed by atoms with Crippen molar-refractivity contribution in [1.29, 1.82) is 0 Å². The second kappa shape index (κ2) is 11.8. The average Bonchev–Trinajstić information content (AvgIpc) is 0.722. The molecule has 32 valence electrons. The van der Waals surface area contributed by atoms with Gasteiger partial charge >= 0.3 is 140 Å². The minimum Gasteiger partial charge on any atom is 1.00 e. The fraction of sp³-hybridized carbons (Fsp3) is 0. The van der Waals surface area contributed by atoms with Crippen molar-refractivity contribution < 1.29 is 88.7 Å². The molecule has 0 aromatic rings. The Kier molecular flexibility index (Phi) is 34.0. The van der Waals surface area contributed by atoms with Crippen LogP contribution >= 0.6 is 10.4 Å². The van der Waals surface area contributed by atoms with Crippen molar-refractivity contribution in [2.24, 2.45) is 0 Å². The van der Waals surface area contributed by atoms with Gasteiger partial charge in [0.05, 0.1) is 0 Å². The van der Waals surface area contributed by atoms with Crippen LogP contribution in [0.3, 0.4) is 0 Å². The van der Waals surface area contributed by atoms with Crippen LogP contribution in [-0.4, -0.2) is 8.41 Å². The first kappa shape index (κ1) is 23.0. The minimum atomic E-state index is -2.54. The van der Waals surface area contributed by atoms with Gasteiger partial charge in [0.15, 0.2) is 0 Å². The normalized spacial score (nSPS) is 7.38. The molecule has 0 radical (unpaired) electrons. The van der Waals surface area contributed by atoms with E-state index in [0.29, 0.717) is 0 Å². The zero-order valence-corrected chi connectivity index (χ0v) is 16.2. The molecule has 0 spiro atoms. The van der Waals surface area contributed by atoms with Crippen LogP contribution in [0.25, 0.3) is 0 Å². The Morgan fingerprint density at radius 3 is 0.875 bits per heavy atom. The quantitative estimate of drug-likeness (QED) is 0.317. The Morgan fingerprint density at radius 2 is 0.875 bits per heavy atom. The topological polar surface area (TPSA) is 0 Å². The summed E-state index contributed by atoms with van der Waals surface area (Å²) in [5, 5.41) is 0. The van der Waals surface area contributed by atoms with Crippen LogP contribution in [0, 0.1) is 0 Å². The number of rotatable bonds is 0. The molecule has 8 heavy (non-hydrogen) atoms. The molecule has 0 amide bonds. The van der Waals surface area contributed by atoms with E-state index in [0.717, 1.165) is 0 Å². The van der Waals surface area contributed by atoms with Gasteiger partial charge < -0.3 is 0 Å². The van der Waals surface area contributed by atoms with Crippen LogP contribution in [-0.2, 0) is 32.7 Å².